The number of hydrogen-bond donors (Lipinski definition) is 1. The molecule has 2 heterocycles. The van der Waals surface area contributed by atoms with Gasteiger partial charge in [0.2, 0.25) is 0 Å². The molecule has 1 amide bonds. The molecule has 0 saturated carbocycles. The molecule has 6 heteroatoms. The third-order valence-electron chi connectivity index (χ3n) is 7.67. The van der Waals surface area contributed by atoms with Gasteiger partial charge >= 0.3 is 0 Å². The number of nitrogens with one attached hydrogen (secondary N) is 1. The van der Waals surface area contributed by atoms with Crippen LogP contribution in [0.25, 0.3) is 0 Å². The Labute approximate surface area is 226 Å². The summed E-state index contributed by atoms with van der Waals surface area (Å²) < 4.78 is 11.9. The van der Waals surface area contributed by atoms with Crippen molar-refractivity contribution in [3.63, 3.8) is 0 Å². The van der Waals surface area contributed by atoms with E-state index in [-0.39, 0.29) is 18.1 Å². The molecule has 1 N–H and O–H groups in total. The van der Waals surface area contributed by atoms with Gasteiger partial charge in [-0.15, -0.1) is 0 Å². The summed E-state index contributed by atoms with van der Waals surface area (Å²) in [5, 5.41) is 3.23. The second-order valence-corrected chi connectivity index (χ2v) is 10.5. The van der Waals surface area contributed by atoms with Crippen molar-refractivity contribution in [3.8, 4) is 11.5 Å². The summed E-state index contributed by atoms with van der Waals surface area (Å²) in [6.07, 6.45) is 4.01. The van der Waals surface area contributed by atoms with E-state index >= 15 is 0 Å². The number of rotatable bonds is 9. The summed E-state index contributed by atoms with van der Waals surface area (Å²) in [4.78, 5) is 18.0. The third kappa shape index (κ3) is 7.15. The lowest BCUT2D eigenvalue weighted by atomic mass is 10.0. The fourth-order valence-corrected chi connectivity index (χ4v) is 5.46. The monoisotopic (exact) mass is 513 g/mol. The van der Waals surface area contributed by atoms with Gasteiger partial charge in [-0.25, -0.2) is 0 Å². The number of hydrogen-bond acceptors (Lipinski definition) is 5. The molecular formula is C32H39N3O3. The van der Waals surface area contributed by atoms with Crippen molar-refractivity contribution in [1.29, 1.82) is 0 Å². The first-order valence-electron chi connectivity index (χ1n) is 13.8. The highest BCUT2D eigenvalue weighted by atomic mass is 16.5. The Morgan fingerprint density at radius 2 is 1.32 bits per heavy atom. The summed E-state index contributed by atoms with van der Waals surface area (Å²) in [5.41, 5.74) is 3.29. The lowest BCUT2D eigenvalue weighted by Gasteiger charge is -2.32. The van der Waals surface area contributed by atoms with Gasteiger partial charge in [0, 0.05) is 50.9 Å². The number of carbonyl (C=O) groups excluding carboxylic acids is 1. The molecule has 0 radical (unpaired) electrons. The normalized spacial score (nSPS) is 17.7. The molecule has 0 aromatic heterocycles. The second-order valence-electron chi connectivity index (χ2n) is 10.5. The molecule has 0 unspecified atom stereocenters. The second kappa shape index (κ2) is 12.9. The predicted molar refractivity (Wildman–Crippen MR) is 151 cm³/mol. The summed E-state index contributed by atoms with van der Waals surface area (Å²) in [6.45, 7) is 5.93. The quantitative estimate of drug-likeness (QED) is 0.430. The molecule has 38 heavy (non-hydrogen) atoms. The van der Waals surface area contributed by atoms with Crippen molar-refractivity contribution >= 4 is 5.91 Å². The largest absolute Gasteiger partial charge is 0.493 e. The van der Waals surface area contributed by atoms with Crippen molar-refractivity contribution in [2.45, 2.75) is 50.9 Å². The van der Waals surface area contributed by atoms with Crippen LogP contribution in [0.2, 0.25) is 0 Å². The van der Waals surface area contributed by atoms with Gasteiger partial charge < -0.3 is 14.8 Å². The van der Waals surface area contributed by atoms with Crippen molar-refractivity contribution in [1.82, 2.24) is 15.1 Å². The first kappa shape index (κ1) is 26.3. The maximum atomic E-state index is 13.0. The number of nitrogens with zero attached hydrogens (tertiary/aromatic N) is 2. The van der Waals surface area contributed by atoms with Crippen LogP contribution in [0.15, 0.2) is 78.9 Å². The fraction of sp³-hybridized carbons (Fsp3) is 0.406. The highest BCUT2D eigenvalue weighted by molar-refractivity contribution is 5.95. The van der Waals surface area contributed by atoms with Crippen LogP contribution in [0.3, 0.4) is 0 Å². The van der Waals surface area contributed by atoms with E-state index in [1.54, 1.807) is 13.2 Å². The van der Waals surface area contributed by atoms with Crippen LogP contribution < -0.4 is 14.8 Å². The van der Waals surface area contributed by atoms with Crippen LogP contribution in [0.1, 0.15) is 47.2 Å². The minimum atomic E-state index is -0.0504. The van der Waals surface area contributed by atoms with E-state index < -0.39 is 0 Å². The smallest absolute Gasteiger partial charge is 0.251 e. The molecule has 200 valence electrons. The molecule has 0 bridgehead atoms. The van der Waals surface area contributed by atoms with Gasteiger partial charge in [-0.05, 0) is 55.0 Å². The van der Waals surface area contributed by atoms with E-state index in [0.29, 0.717) is 17.1 Å². The summed E-state index contributed by atoms with van der Waals surface area (Å²) in [6, 6.07) is 26.9. The van der Waals surface area contributed by atoms with E-state index in [4.69, 9.17) is 9.47 Å². The SMILES string of the molecule is COc1cc(C(=O)NC2CCN(Cc3ccccc3)CC2)ccc1OC1CCN(Cc2ccccc2)CC1. The third-order valence-corrected chi connectivity index (χ3v) is 7.67. The van der Waals surface area contributed by atoms with Crippen LogP contribution in [-0.2, 0) is 13.1 Å². The van der Waals surface area contributed by atoms with Gasteiger partial charge in [-0.3, -0.25) is 14.6 Å². The molecule has 2 fully saturated rings. The molecule has 3 aromatic carbocycles. The van der Waals surface area contributed by atoms with Gasteiger partial charge in [-0.2, -0.15) is 0 Å². The van der Waals surface area contributed by atoms with Gasteiger partial charge in [0.15, 0.2) is 11.5 Å². The van der Waals surface area contributed by atoms with E-state index in [0.717, 1.165) is 65.0 Å². The van der Waals surface area contributed by atoms with E-state index in [1.165, 1.54) is 11.1 Å². The van der Waals surface area contributed by atoms with Crippen molar-refractivity contribution in [3.05, 3.63) is 95.6 Å². The minimum Gasteiger partial charge on any atom is -0.493 e. The Bertz CT molecular complexity index is 1160. The molecule has 0 spiro atoms. The van der Waals surface area contributed by atoms with Gasteiger partial charge in [0.25, 0.3) is 5.91 Å². The zero-order chi connectivity index (χ0) is 26.2. The highest BCUT2D eigenvalue weighted by Gasteiger charge is 2.24. The van der Waals surface area contributed by atoms with Crippen LogP contribution in [0.4, 0.5) is 0 Å². The predicted octanol–water partition coefficient (Wildman–Crippen LogP) is 5.13. The number of likely N-dealkylation sites (tertiary alicyclic amines) is 2. The van der Waals surface area contributed by atoms with Crippen LogP contribution in [0.5, 0.6) is 11.5 Å². The average Bonchev–Trinajstić information content (AvgIpc) is 2.96. The molecule has 0 atom stereocenters. The van der Waals surface area contributed by atoms with Gasteiger partial charge in [0.05, 0.1) is 7.11 Å². The molecule has 0 aliphatic carbocycles. The van der Waals surface area contributed by atoms with E-state index in [9.17, 15) is 4.79 Å². The molecule has 5 rings (SSSR count). The zero-order valence-corrected chi connectivity index (χ0v) is 22.4. The topological polar surface area (TPSA) is 54.0 Å². The molecular weight excluding hydrogens is 474 g/mol. The number of ether oxygens (including phenoxy) is 2. The van der Waals surface area contributed by atoms with E-state index in [1.807, 2.05) is 12.1 Å². The Hall–Kier alpha value is -3.35. The molecule has 2 aliphatic heterocycles. The highest BCUT2D eigenvalue weighted by Crippen LogP contribution is 2.31. The first-order chi connectivity index (χ1) is 18.7. The Morgan fingerprint density at radius 3 is 1.87 bits per heavy atom. The number of benzene rings is 3. The molecule has 2 saturated heterocycles. The first-order valence-corrected chi connectivity index (χ1v) is 13.8. The maximum absolute atomic E-state index is 13.0. The van der Waals surface area contributed by atoms with Crippen LogP contribution >= 0.6 is 0 Å². The zero-order valence-electron chi connectivity index (χ0n) is 22.4. The Kier molecular flexibility index (Phi) is 8.94. The summed E-state index contributed by atoms with van der Waals surface area (Å²) in [7, 11) is 1.63. The lowest BCUT2D eigenvalue weighted by molar-refractivity contribution is 0.0905. The average molecular weight is 514 g/mol. The number of amides is 1. The maximum Gasteiger partial charge on any atom is 0.251 e. The summed E-state index contributed by atoms with van der Waals surface area (Å²) in [5.74, 6) is 1.27. The molecule has 3 aromatic rings. The Morgan fingerprint density at radius 1 is 0.763 bits per heavy atom. The fourth-order valence-electron chi connectivity index (χ4n) is 5.46. The standard InChI is InChI=1S/C32H39N3O3/c1-37-31-22-27(32(36)33-28-14-18-34(19-15-28)23-25-8-4-2-5-9-25)12-13-30(31)38-29-16-20-35(21-17-29)24-26-10-6-3-7-11-26/h2-13,22,28-29H,14-21,23-24H2,1H3,(H,33,36). The number of carbonyl (C=O) groups is 1. The number of methoxy groups -OCH3 is 1. The molecule has 6 nitrogen and oxygen atoms in total. The van der Waals surface area contributed by atoms with Gasteiger partial charge in [-0.1, -0.05) is 60.7 Å². The van der Waals surface area contributed by atoms with Crippen LogP contribution in [-0.4, -0.2) is 61.1 Å². The van der Waals surface area contributed by atoms with E-state index in [2.05, 4.69) is 75.8 Å². The summed E-state index contributed by atoms with van der Waals surface area (Å²) >= 11 is 0. The van der Waals surface area contributed by atoms with Crippen molar-refractivity contribution in [2.24, 2.45) is 0 Å². The Balaban J connectivity index is 1.09. The lowest BCUT2D eigenvalue weighted by Crippen LogP contribution is -2.44. The van der Waals surface area contributed by atoms with Crippen molar-refractivity contribution in [2.75, 3.05) is 33.3 Å². The van der Waals surface area contributed by atoms with Crippen molar-refractivity contribution < 1.29 is 14.3 Å². The molecule has 2 aliphatic rings. The van der Waals surface area contributed by atoms with Gasteiger partial charge in [0.1, 0.15) is 6.10 Å². The van der Waals surface area contributed by atoms with Crippen LogP contribution in [0, 0.1) is 0 Å². The minimum absolute atomic E-state index is 0.0504. The number of piperidine rings is 2.